The highest BCUT2D eigenvalue weighted by atomic mass is 19.2. The van der Waals surface area contributed by atoms with Gasteiger partial charge in [0.05, 0.1) is 13.1 Å². The van der Waals surface area contributed by atoms with Crippen molar-refractivity contribution in [2.24, 2.45) is 5.73 Å². The Morgan fingerprint density at radius 3 is 2.05 bits per heavy atom. The minimum Gasteiger partial charge on any atom is -0.363 e. The van der Waals surface area contributed by atoms with E-state index in [9.17, 15) is 31.5 Å². The van der Waals surface area contributed by atoms with Crippen LogP contribution in [-0.4, -0.2) is 40.2 Å². The molecule has 1 aliphatic rings. The standard InChI is InChI=1S/C31H30F5N5O2/c1-19-29(39-14-12-38(13-15-39)16-21-10-11-25(34)28(36)27(21)35)30(42)41(18-26(37)20-6-3-2-4-7-20)31(43)40(19)17-22-23(32)8-5-9-24(22)33/h2-11,26H,12-18,37H2,1H3/t26-/m0/s1. The molecule has 5 rings (SSSR count). The molecule has 43 heavy (non-hydrogen) atoms. The van der Waals surface area contributed by atoms with E-state index in [2.05, 4.69) is 0 Å². The average Bonchev–Trinajstić information content (AvgIpc) is 3.00. The van der Waals surface area contributed by atoms with E-state index in [1.54, 1.807) is 36.1 Å². The van der Waals surface area contributed by atoms with Crippen LogP contribution in [0.15, 0.2) is 70.3 Å². The quantitative estimate of drug-likeness (QED) is 0.244. The Hall–Kier alpha value is -4.29. The van der Waals surface area contributed by atoms with E-state index in [-0.39, 0.29) is 48.7 Å². The van der Waals surface area contributed by atoms with Gasteiger partial charge in [-0.25, -0.2) is 26.7 Å². The lowest BCUT2D eigenvalue weighted by Crippen LogP contribution is -2.51. The van der Waals surface area contributed by atoms with Crippen molar-refractivity contribution in [2.75, 3.05) is 31.1 Å². The molecule has 2 N–H and O–H groups in total. The Balaban J connectivity index is 1.49. The van der Waals surface area contributed by atoms with Crippen LogP contribution >= 0.6 is 0 Å². The molecule has 12 heteroatoms. The minimum absolute atomic E-state index is 0.00116. The molecule has 1 atom stereocenters. The van der Waals surface area contributed by atoms with Gasteiger partial charge < -0.3 is 10.6 Å². The summed E-state index contributed by atoms with van der Waals surface area (Å²) < 4.78 is 72.8. The summed E-state index contributed by atoms with van der Waals surface area (Å²) in [7, 11) is 0. The third kappa shape index (κ3) is 6.11. The molecule has 0 radical (unpaired) electrons. The molecule has 7 nitrogen and oxygen atoms in total. The molecular weight excluding hydrogens is 569 g/mol. The molecule has 4 aromatic rings. The number of aromatic nitrogens is 2. The molecular formula is C31H30F5N5O2. The number of hydrogen-bond donors (Lipinski definition) is 1. The zero-order valence-electron chi connectivity index (χ0n) is 23.4. The summed E-state index contributed by atoms with van der Waals surface area (Å²) >= 11 is 0. The Bertz CT molecular complexity index is 1730. The second-order valence-electron chi connectivity index (χ2n) is 10.5. The van der Waals surface area contributed by atoms with Gasteiger partial charge in [0.25, 0.3) is 5.56 Å². The third-order valence-corrected chi connectivity index (χ3v) is 7.84. The number of nitrogens with two attached hydrogens (primary N) is 1. The van der Waals surface area contributed by atoms with Gasteiger partial charge >= 0.3 is 5.69 Å². The number of rotatable bonds is 8. The molecule has 226 valence electrons. The topological polar surface area (TPSA) is 76.5 Å². The van der Waals surface area contributed by atoms with Gasteiger partial charge in [-0.05, 0) is 30.7 Å². The maximum atomic E-state index is 14.6. The van der Waals surface area contributed by atoms with Crippen molar-refractivity contribution in [2.45, 2.75) is 32.6 Å². The highest BCUT2D eigenvalue weighted by molar-refractivity contribution is 5.50. The molecule has 0 amide bonds. The molecule has 0 aliphatic carbocycles. The van der Waals surface area contributed by atoms with Gasteiger partial charge in [-0.2, -0.15) is 0 Å². The fourth-order valence-corrected chi connectivity index (χ4v) is 5.40. The number of hydrogen-bond acceptors (Lipinski definition) is 5. The summed E-state index contributed by atoms with van der Waals surface area (Å²) in [6, 6.07) is 13.7. The first-order chi connectivity index (χ1) is 20.6. The molecule has 0 bridgehead atoms. The van der Waals surface area contributed by atoms with Crippen molar-refractivity contribution < 1.29 is 22.0 Å². The second kappa shape index (κ2) is 12.5. The van der Waals surface area contributed by atoms with Crippen molar-refractivity contribution in [3.8, 4) is 0 Å². The number of nitrogens with zero attached hydrogens (tertiary/aromatic N) is 4. The van der Waals surface area contributed by atoms with E-state index in [0.29, 0.717) is 18.7 Å². The minimum atomic E-state index is -1.53. The Morgan fingerprint density at radius 1 is 0.744 bits per heavy atom. The van der Waals surface area contributed by atoms with Crippen LogP contribution in [0.4, 0.5) is 27.6 Å². The monoisotopic (exact) mass is 599 g/mol. The Labute approximate surface area is 244 Å². The summed E-state index contributed by atoms with van der Waals surface area (Å²) in [5.41, 5.74) is 5.79. The lowest BCUT2D eigenvalue weighted by Gasteiger charge is -2.37. The smallest absolute Gasteiger partial charge is 0.331 e. The summed E-state index contributed by atoms with van der Waals surface area (Å²) in [4.78, 5) is 31.1. The van der Waals surface area contributed by atoms with Gasteiger partial charge in [-0.1, -0.05) is 42.5 Å². The van der Waals surface area contributed by atoms with E-state index in [1.807, 2.05) is 11.0 Å². The summed E-state index contributed by atoms with van der Waals surface area (Å²) in [6.07, 6.45) is 0. The van der Waals surface area contributed by atoms with Crippen LogP contribution in [0.2, 0.25) is 0 Å². The van der Waals surface area contributed by atoms with E-state index < -0.39 is 52.9 Å². The first kappa shape index (κ1) is 30.2. The van der Waals surface area contributed by atoms with Gasteiger partial charge in [0, 0.05) is 55.6 Å². The Morgan fingerprint density at radius 2 is 1.40 bits per heavy atom. The normalized spacial score (nSPS) is 14.7. The molecule has 0 saturated carbocycles. The molecule has 1 aromatic heterocycles. The highest BCUT2D eigenvalue weighted by Crippen LogP contribution is 2.22. The highest BCUT2D eigenvalue weighted by Gasteiger charge is 2.27. The summed E-state index contributed by atoms with van der Waals surface area (Å²) in [6.45, 7) is 2.16. The van der Waals surface area contributed by atoms with Gasteiger partial charge in [0.1, 0.15) is 17.3 Å². The van der Waals surface area contributed by atoms with E-state index in [4.69, 9.17) is 5.73 Å². The summed E-state index contributed by atoms with van der Waals surface area (Å²) in [5, 5.41) is 0. The molecule has 0 spiro atoms. The first-order valence-electron chi connectivity index (χ1n) is 13.7. The number of piperazine rings is 1. The predicted octanol–water partition coefficient (Wildman–Crippen LogP) is 4.08. The zero-order valence-corrected chi connectivity index (χ0v) is 23.4. The van der Waals surface area contributed by atoms with Crippen molar-refractivity contribution >= 4 is 5.69 Å². The fourth-order valence-electron chi connectivity index (χ4n) is 5.40. The average molecular weight is 600 g/mol. The maximum absolute atomic E-state index is 14.6. The lowest BCUT2D eigenvalue weighted by atomic mass is 10.1. The number of benzene rings is 3. The van der Waals surface area contributed by atoms with Crippen LogP contribution < -0.4 is 21.9 Å². The largest absolute Gasteiger partial charge is 0.363 e. The predicted molar refractivity (Wildman–Crippen MR) is 152 cm³/mol. The summed E-state index contributed by atoms with van der Waals surface area (Å²) in [5.74, 6) is -5.71. The first-order valence-corrected chi connectivity index (χ1v) is 13.7. The van der Waals surface area contributed by atoms with Crippen LogP contribution in [0.3, 0.4) is 0 Å². The van der Waals surface area contributed by atoms with Crippen molar-refractivity contribution in [3.63, 3.8) is 0 Å². The fraction of sp³-hybridized carbons (Fsp3) is 0.290. The van der Waals surface area contributed by atoms with Gasteiger partial charge in [-0.3, -0.25) is 18.8 Å². The molecule has 1 aliphatic heterocycles. The van der Waals surface area contributed by atoms with E-state index >= 15 is 0 Å². The van der Waals surface area contributed by atoms with Gasteiger partial charge in [-0.15, -0.1) is 0 Å². The molecule has 2 heterocycles. The number of halogens is 5. The van der Waals surface area contributed by atoms with Gasteiger partial charge in [0.15, 0.2) is 17.5 Å². The van der Waals surface area contributed by atoms with Crippen LogP contribution in [0.25, 0.3) is 0 Å². The van der Waals surface area contributed by atoms with Crippen LogP contribution in [0.1, 0.15) is 28.4 Å². The molecule has 0 unspecified atom stereocenters. The SMILES string of the molecule is Cc1c(N2CCN(Cc3ccc(F)c(F)c3F)CC2)c(=O)n(C[C@H](N)c2ccccc2)c(=O)n1Cc1c(F)cccc1F. The Kier molecular flexibility index (Phi) is 8.79. The van der Waals surface area contributed by atoms with E-state index in [0.717, 1.165) is 22.8 Å². The molecule has 1 fully saturated rings. The van der Waals surface area contributed by atoms with E-state index in [1.165, 1.54) is 16.7 Å². The van der Waals surface area contributed by atoms with Crippen LogP contribution in [0.5, 0.6) is 0 Å². The maximum Gasteiger partial charge on any atom is 0.331 e. The van der Waals surface area contributed by atoms with Crippen molar-refractivity contribution in [1.29, 1.82) is 0 Å². The van der Waals surface area contributed by atoms with Crippen molar-refractivity contribution in [3.05, 3.63) is 133 Å². The van der Waals surface area contributed by atoms with Gasteiger partial charge in [0.2, 0.25) is 0 Å². The lowest BCUT2D eigenvalue weighted by molar-refractivity contribution is 0.244. The number of anilines is 1. The van der Waals surface area contributed by atoms with Crippen molar-refractivity contribution in [1.82, 2.24) is 14.0 Å². The zero-order chi connectivity index (χ0) is 30.8. The third-order valence-electron chi connectivity index (χ3n) is 7.84. The van der Waals surface area contributed by atoms with Crippen LogP contribution in [-0.2, 0) is 19.6 Å². The van der Waals surface area contributed by atoms with Crippen LogP contribution in [0, 0.1) is 36.0 Å². The molecule has 1 saturated heterocycles. The molecule has 3 aromatic carbocycles. The second-order valence-corrected chi connectivity index (χ2v) is 10.5.